The van der Waals surface area contributed by atoms with Crippen LogP contribution in [-0.2, 0) is 0 Å². The van der Waals surface area contributed by atoms with Gasteiger partial charge in [0.05, 0.1) is 13.2 Å². The maximum Gasteiger partial charge on any atom is 0.122 e. The van der Waals surface area contributed by atoms with E-state index < -0.39 is 0 Å². The number of likely N-dealkylation sites (N-methyl/N-ethyl adjacent to an activating group) is 1. The lowest BCUT2D eigenvalue weighted by Gasteiger charge is -2.38. The highest BCUT2D eigenvalue weighted by Crippen LogP contribution is 2.34. The molecule has 18 heavy (non-hydrogen) atoms. The van der Waals surface area contributed by atoms with Crippen LogP contribution in [0.4, 0.5) is 5.69 Å². The molecule has 0 saturated carbocycles. The van der Waals surface area contributed by atoms with Crippen molar-refractivity contribution in [2.45, 2.75) is 32.7 Å². The predicted molar refractivity (Wildman–Crippen MR) is 76.9 cm³/mol. The van der Waals surface area contributed by atoms with Crippen LogP contribution in [0.2, 0.25) is 0 Å². The van der Waals surface area contributed by atoms with E-state index in [1.165, 1.54) is 16.8 Å². The summed E-state index contributed by atoms with van der Waals surface area (Å²) in [5, 5.41) is 3.32. The molecule has 2 rings (SSSR count). The molecule has 0 atom stereocenters. The molecular formula is C15H24N2O. The molecule has 0 aromatic heterocycles. The Morgan fingerprint density at radius 2 is 2.00 bits per heavy atom. The molecule has 0 amide bonds. The number of anilines is 1. The second-order valence-corrected chi connectivity index (χ2v) is 5.46. The molecule has 0 bridgehead atoms. The number of aryl methyl sites for hydroxylation is 1. The van der Waals surface area contributed by atoms with Crippen molar-refractivity contribution >= 4 is 5.69 Å². The Bertz CT molecular complexity index is 425. The smallest absolute Gasteiger partial charge is 0.122 e. The van der Waals surface area contributed by atoms with Crippen LogP contribution in [0.5, 0.6) is 5.75 Å². The Balaban J connectivity index is 2.37. The Morgan fingerprint density at radius 3 is 2.44 bits per heavy atom. The van der Waals surface area contributed by atoms with E-state index in [1.54, 1.807) is 7.11 Å². The van der Waals surface area contributed by atoms with Crippen molar-refractivity contribution in [3.8, 4) is 5.75 Å². The molecule has 0 radical (unpaired) electrons. The first-order chi connectivity index (χ1) is 8.54. The van der Waals surface area contributed by atoms with Gasteiger partial charge in [0.1, 0.15) is 5.75 Å². The van der Waals surface area contributed by atoms with E-state index in [0.29, 0.717) is 12.0 Å². The lowest BCUT2D eigenvalue weighted by molar-refractivity contribution is 0.406. The third-order valence-electron chi connectivity index (χ3n) is 3.86. The number of nitrogens with one attached hydrogen (secondary N) is 1. The van der Waals surface area contributed by atoms with E-state index in [9.17, 15) is 0 Å². The van der Waals surface area contributed by atoms with Crippen molar-refractivity contribution in [2.75, 3.05) is 32.1 Å². The Hall–Kier alpha value is -1.22. The van der Waals surface area contributed by atoms with Crippen molar-refractivity contribution in [3.63, 3.8) is 0 Å². The van der Waals surface area contributed by atoms with Crippen LogP contribution in [0.15, 0.2) is 12.1 Å². The van der Waals surface area contributed by atoms with Crippen LogP contribution in [0.1, 0.15) is 30.9 Å². The molecule has 1 aliphatic heterocycles. The molecule has 1 N–H and O–H groups in total. The van der Waals surface area contributed by atoms with E-state index in [1.807, 2.05) is 0 Å². The van der Waals surface area contributed by atoms with Gasteiger partial charge < -0.3 is 15.0 Å². The van der Waals surface area contributed by atoms with Gasteiger partial charge in [-0.05, 0) is 36.1 Å². The lowest BCUT2D eigenvalue weighted by atomic mass is 9.97. The Kier molecular flexibility index (Phi) is 3.81. The fourth-order valence-corrected chi connectivity index (χ4v) is 2.44. The quantitative estimate of drug-likeness (QED) is 0.886. The Morgan fingerprint density at radius 1 is 1.33 bits per heavy atom. The topological polar surface area (TPSA) is 24.5 Å². The molecule has 1 aromatic carbocycles. The van der Waals surface area contributed by atoms with Crippen molar-refractivity contribution in [1.82, 2.24) is 5.32 Å². The summed E-state index contributed by atoms with van der Waals surface area (Å²) < 4.78 is 5.49. The normalized spacial score (nSPS) is 15.7. The van der Waals surface area contributed by atoms with Gasteiger partial charge in [0.25, 0.3) is 0 Å². The van der Waals surface area contributed by atoms with Gasteiger partial charge >= 0.3 is 0 Å². The maximum atomic E-state index is 5.49. The van der Waals surface area contributed by atoms with Gasteiger partial charge in [-0.25, -0.2) is 0 Å². The third kappa shape index (κ3) is 2.32. The molecule has 1 aromatic rings. The molecule has 1 heterocycles. The molecule has 3 heteroatoms. The zero-order valence-corrected chi connectivity index (χ0v) is 12.1. The maximum absolute atomic E-state index is 5.49. The minimum Gasteiger partial charge on any atom is -0.496 e. The average Bonchev–Trinajstić information content (AvgIpc) is 2.25. The van der Waals surface area contributed by atoms with E-state index in [0.717, 1.165) is 18.8 Å². The third-order valence-corrected chi connectivity index (χ3v) is 3.86. The summed E-state index contributed by atoms with van der Waals surface area (Å²) in [6, 6.07) is 5.07. The van der Waals surface area contributed by atoms with Gasteiger partial charge in [-0.1, -0.05) is 13.8 Å². The van der Waals surface area contributed by atoms with Gasteiger partial charge in [-0.3, -0.25) is 0 Å². The fraction of sp³-hybridized carbons (Fsp3) is 0.600. The molecule has 0 aliphatic carbocycles. The molecular weight excluding hydrogens is 224 g/mol. The summed E-state index contributed by atoms with van der Waals surface area (Å²) >= 11 is 0. The summed E-state index contributed by atoms with van der Waals surface area (Å²) in [5.74, 6) is 1.48. The number of hydrogen-bond donors (Lipinski definition) is 1. The van der Waals surface area contributed by atoms with Crippen LogP contribution in [-0.4, -0.2) is 33.3 Å². The highest BCUT2D eigenvalue weighted by molar-refractivity contribution is 5.60. The van der Waals surface area contributed by atoms with E-state index >= 15 is 0 Å². The second-order valence-electron chi connectivity index (χ2n) is 5.46. The minimum atomic E-state index is 0.479. The van der Waals surface area contributed by atoms with Gasteiger partial charge in [0.15, 0.2) is 0 Å². The van der Waals surface area contributed by atoms with Crippen LogP contribution in [0, 0.1) is 6.92 Å². The van der Waals surface area contributed by atoms with E-state index in [-0.39, 0.29) is 0 Å². The first kappa shape index (κ1) is 13.2. The monoisotopic (exact) mass is 248 g/mol. The van der Waals surface area contributed by atoms with Gasteiger partial charge in [-0.15, -0.1) is 0 Å². The molecule has 100 valence electrons. The first-order valence-electron chi connectivity index (χ1n) is 6.66. The summed E-state index contributed by atoms with van der Waals surface area (Å²) in [6.07, 6.45) is 0. The largest absolute Gasteiger partial charge is 0.496 e. The molecule has 1 fully saturated rings. The van der Waals surface area contributed by atoms with Gasteiger partial charge in [-0.2, -0.15) is 0 Å². The summed E-state index contributed by atoms with van der Waals surface area (Å²) in [7, 11) is 3.93. The minimum absolute atomic E-state index is 0.479. The van der Waals surface area contributed by atoms with Crippen LogP contribution in [0.3, 0.4) is 0 Å². The zero-order chi connectivity index (χ0) is 13.3. The number of nitrogens with zero attached hydrogens (tertiary/aromatic N) is 1. The molecule has 1 saturated heterocycles. The predicted octanol–water partition coefficient (Wildman–Crippen LogP) is 2.54. The molecule has 3 nitrogen and oxygen atoms in total. The van der Waals surface area contributed by atoms with E-state index in [2.05, 4.69) is 50.2 Å². The molecule has 0 unspecified atom stereocenters. The lowest BCUT2D eigenvalue weighted by Crippen LogP contribution is -2.56. The summed E-state index contributed by atoms with van der Waals surface area (Å²) in [4.78, 5) is 2.39. The Labute approximate surface area is 110 Å². The SMILES string of the molecule is COc1cc(C)c(N(C)C2CNC2)cc1C(C)C. The number of rotatable bonds is 4. The van der Waals surface area contributed by atoms with Crippen LogP contribution >= 0.6 is 0 Å². The van der Waals surface area contributed by atoms with E-state index in [4.69, 9.17) is 4.74 Å². The van der Waals surface area contributed by atoms with Gasteiger partial charge in [0, 0.05) is 25.8 Å². The highest BCUT2D eigenvalue weighted by Gasteiger charge is 2.23. The zero-order valence-electron chi connectivity index (χ0n) is 12.1. The van der Waals surface area contributed by atoms with Crippen LogP contribution < -0.4 is 15.0 Å². The van der Waals surface area contributed by atoms with Gasteiger partial charge in [0.2, 0.25) is 0 Å². The molecule has 0 spiro atoms. The average molecular weight is 248 g/mol. The summed E-state index contributed by atoms with van der Waals surface area (Å²) in [6.45, 7) is 8.74. The molecule has 1 aliphatic rings. The number of benzene rings is 1. The second kappa shape index (κ2) is 5.19. The number of ether oxygens (including phenoxy) is 1. The van der Waals surface area contributed by atoms with Crippen molar-refractivity contribution < 1.29 is 4.74 Å². The standard InChI is InChI=1S/C15H24N2O/c1-10(2)13-7-14(11(3)6-15(13)18-5)17(4)12-8-16-9-12/h6-7,10,12,16H,8-9H2,1-5H3. The van der Waals surface area contributed by atoms with Crippen molar-refractivity contribution in [1.29, 1.82) is 0 Å². The van der Waals surface area contributed by atoms with Crippen LogP contribution in [0.25, 0.3) is 0 Å². The highest BCUT2D eigenvalue weighted by atomic mass is 16.5. The van der Waals surface area contributed by atoms with Crippen molar-refractivity contribution in [2.24, 2.45) is 0 Å². The van der Waals surface area contributed by atoms with Crippen molar-refractivity contribution in [3.05, 3.63) is 23.3 Å². The fourth-order valence-electron chi connectivity index (χ4n) is 2.44. The summed E-state index contributed by atoms with van der Waals surface area (Å²) in [5.41, 5.74) is 3.90. The number of hydrogen-bond acceptors (Lipinski definition) is 3. The first-order valence-corrected chi connectivity index (χ1v) is 6.66. The number of methoxy groups -OCH3 is 1.